The van der Waals surface area contributed by atoms with Crippen LogP contribution in [0, 0.1) is 13.8 Å². The summed E-state index contributed by atoms with van der Waals surface area (Å²) in [5.74, 6) is 2.70. The highest BCUT2D eigenvalue weighted by Crippen LogP contribution is 2.40. The molecule has 6 nitrogen and oxygen atoms in total. The number of carbonyl (C=O) groups is 1. The Labute approximate surface area is 167 Å². The van der Waals surface area contributed by atoms with Crippen LogP contribution in [0.4, 0.5) is 0 Å². The number of aromatic nitrogens is 2. The molecule has 1 aliphatic carbocycles. The number of fused-ring (bicyclic) bond motifs is 1. The number of rotatable bonds is 6. The fourth-order valence-corrected chi connectivity index (χ4v) is 4.49. The number of methoxy groups -OCH3 is 2. The van der Waals surface area contributed by atoms with Crippen molar-refractivity contribution in [1.29, 1.82) is 0 Å². The lowest BCUT2D eigenvalue weighted by Crippen LogP contribution is -2.22. The fraction of sp³-hybridized carbons (Fsp3) is 0.381. The van der Waals surface area contributed by atoms with Crippen molar-refractivity contribution in [2.45, 2.75) is 39.2 Å². The van der Waals surface area contributed by atoms with Gasteiger partial charge in [0.25, 0.3) is 5.91 Å². The Morgan fingerprint density at radius 1 is 1.14 bits per heavy atom. The van der Waals surface area contributed by atoms with Gasteiger partial charge >= 0.3 is 0 Å². The molecule has 0 radical (unpaired) electrons. The number of amides is 1. The van der Waals surface area contributed by atoms with Crippen LogP contribution < -0.4 is 14.8 Å². The van der Waals surface area contributed by atoms with Crippen LogP contribution in [0.2, 0.25) is 0 Å². The van der Waals surface area contributed by atoms with Crippen LogP contribution in [0.3, 0.4) is 0 Å². The summed E-state index contributed by atoms with van der Waals surface area (Å²) in [4.78, 5) is 23.8. The molecule has 146 valence electrons. The molecule has 7 heteroatoms. The van der Waals surface area contributed by atoms with E-state index in [1.54, 1.807) is 20.3 Å². The van der Waals surface area contributed by atoms with Crippen molar-refractivity contribution >= 4 is 27.5 Å². The predicted molar refractivity (Wildman–Crippen MR) is 110 cm³/mol. The Hall–Kier alpha value is -2.67. The van der Waals surface area contributed by atoms with E-state index in [9.17, 15) is 4.79 Å². The van der Waals surface area contributed by atoms with Crippen molar-refractivity contribution in [2.24, 2.45) is 0 Å². The zero-order valence-electron chi connectivity index (χ0n) is 16.5. The van der Waals surface area contributed by atoms with E-state index in [-0.39, 0.29) is 5.91 Å². The van der Waals surface area contributed by atoms with E-state index >= 15 is 0 Å². The molecule has 0 bridgehead atoms. The van der Waals surface area contributed by atoms with Gasteiger partial charge in [0.15, 0.2) is 0 Å². The number of nitrogens with zero attached hydrogens (tertiary/aromatic N) is 2. The number of nitrogens with one attached hydrogen (secondary N) is 1. The number of thiophene rings is 1. The highest BCUT2D eigenvalue weighted by atomic mass is 32.1. The molecule has 1 saturated carbocycles. The Kier molecular flexibility index (Phi) is 4.93. The van der Waals surface area contributed by atoms with Crippen molar-refractivity contribution in [3.63, 3.8) is 0 Å². The maximum Gasteiger partial charge on any atom is 0.261 e. The molecule has 0 spiro atoms. The van der Waals surface area contributed by atoms with E-state index in [2.05, 4.69) is 10.3 Å². The van der Waals surface area contributed by atoms with Crippen LogP contribution in [0.5, 0.6) is 11.5 Å². The Bertz CT molecular complexity index is 1030. The van der Waals surface area contributed by atoms with Crippen LogP contribution >= 0.6 is 11.3 Å². The van der Waals surface area contributed by atoms with E-state index < -0.39 is 0 Å². The first-order valence-electron chi connectivity index (χ1n) is 9.28. The Balaban J connectivity index is 1.57. The molecule has 3 aromatic rings. The lowest BCUT2D eigenvalue weighted by atomic mass is 10.1. The van der Waals surface area contributed by atoms with E-state index in [0.717, 1.165) is 45.7 Å². The minimum atomic E-state index is -0.102. The van der Waals surface area contributed by atoms with E-state index in [1.807, 2.05) is 26.0 Å². The van der Waals surface area contributed by atoms with Crippen LogP contribution in [0.25, 0.3) is 10.2 Å². The van der Waals surface area contributed by atoms with Crippen molar-refractivity contribution in [3.05, 3.63) is 45.7 Å². The van der Waals surface area contributed by atoms with E-state index in [4.69, 9.17) is 14.5 Å². The van der Waals surface area contributed by atoms with Gasteiger partial charge in [0, 0.05) is 23.9 Å². The van der Waals surface area contributed by atoms with Crippen molar-refractivity contribution in [3.8, 4) is 11.5 Å². The van der Waals surface area contributed by atoms with Gasteiger partial charge < -0.3 is 14.8 Å². The summed E-state index contributed by atoms with van der Waals surface area (Å²) >= 11 is 1.44. The molecule has 2 heterocycles. The minimum Gasteiger partial charge on any atom is -0.497 e. The van der Waals surface area contributed by atoms with Gasteiger partial charge in [0.2, 0.25) is 0 Å². The standard InChI is InChI=1S/C21H23N3O3S/c1-11-17-12(2)23-19(14-5-6-14)24-21(17)28-18(11)20(25)22-10-13-7-15(26-3)9-16(8-13)27-4/h7-9,14H,5-6,10H2,1-4H3,(H,22,25). The molecule has 1 N–H and O–H groups in total. The lowest BCUT2D eigenvalue weighted by molar-refractivity contribution is 0.0954. The number of carbonyl (C=O) groups excluding carboxylic acids is 1. The Morgan fingerprint density at radius 2 is 1.82 bits per heavy atom. The van der Waals surface area contributed by atoms with Crippen LogP contribution in [0.1, 0.15) is 51.1 Å². The summed E-state index contributed by atoms with van der Waals surface area (Å²) in [7, 11) is 3.22. The molecule has 1 aliphatic rings. The summed E-state index contributed by atoms with van der Waals surface area (Å²) in [5.41, 5.74) is 2.81. The largest absolute Gasteiger partial charge is 0.497 e. The predicted octanol–water partition coefficient (Wildman–Crippen LogP) is 4.13. The van der Waals surface area contributed by atoms with Gasteiger partial charge in [-0.1, -0.05) is 0 Å². The first-order valence-corrected chi connectivity index (χ1v) is 10.1. The second kappa shape index (κ2) is 7.39. The third-order valence-electron chi connectivity index (χ3n) is 5.00. The molecular weight excluding hydrogens is 374 g/mol. The molecule has 28 heavy (non-hydrogen) atoms. The van der Waals surface area contributed by atoms with Crippen LogP contribution in [-0.4, -0.2) is 30.1 Å². The summed E-state index contributed by atoms with van der Waals surface area (Å²) in [6, 6.07) is 5.58. The normalized spacial score (nSPS) is 13.6. The SMILES string of the molecule is COc1cc(CNC(=O)c2sc3nc(C4CC4)nc(C)c3c2C)cc(OC)c1. The molecule has 2 aromatic heterocycles. The molecule has 0 atom stereocenters. The molecule has 1 amide bonds. The maximum absolute atomic E-state index is 12.8. The third-order valence-corrected chi connectivity index (χ3v) is 6.19. The molecular formula is C21H23N3O3S. The first kappa shape index (κ1) is 18.7. The van der Waals surface area contributed by atoms with Crippen molar-refractivity contribution in [1.82, 2.24) is 15.3 Å². The first-order chi connectivity index (χ1) is 13.5. The minimum absolute atomic E-state index is 0.102. The summed E-state index contributed by atoms with van der Waals surface area (Å²) in [6.45, 7) is 4.35. The molecule has 0 aliphatic heterocycles. The second-order valence-electron chi connectivity index (χ2n) is 7.08. The molecule has 0 saturated heterocycles. The lowest BCUT2D eigenvalue weighted by Gasteiger charge is -2.09. The highest BCUT2D eigenvalue weighted by molar-refractivity contribution is 7.20. The maximum atomic E-state index is 12.8. The quantitative estimate of drug-likeness (QED) is 0.677. The number of aryl methyl sites for hydroxylation is 2. The van der Waals surface area contributed by atoms with Crippen molar-refractivity contribution in [2.75, 3.05) is 14.2 Å². The van der Waals surface area contributed by atoms with Gasteiger partial charge in [0.05, 0.1) is 24.8 Å². The molecule has 1 aromatic carbocycles. The monoisotopic (exact) mass is 397 g/mol. The second-order valence-corrected chi connectivity index (χ2v) is 8.08. The molecule has 1 fully saturated rings. The van der Waals surface area contributed by atoms with Gasteiger partial charge in [0.1, 0.15) is 22.2 Å². The smallest absolute Gasteiger partial charge is 0.261 e. The zero-order chi connectivity index (χ0) is 19.8. The average molecular weight is 398 g/mol. The number of hydrogen-bond acceptors (Lipinski definition) is 6. The topological polar surface area (TPSA) is 73.3 Å². The summed E-state index contributed by atoms with van der Waals surface area (Å²) in [6.07, 6.45) is 2.32. The number of ether oxygens (including phenoxy) is 2. The van der Waals surface area contributed by atoms with Crippen molar-refractivity contribution < 1.29 is 14.3 Å². The van der Waals surface area contributed by atoms with Gasteiger partial charge in [-0.2, -0.15) is 0 Å². The number of hydrogen-bond donors (Lipinski definition) is 1. The number of benzene rings is 1. The van der Waals surface area contributed by atoms with Gasteiger partial charge in [-0.05, 0) is 49.9 Å². The highest BCUT2D eigenvalue weighted by Gasteiger charge is 2.28. The van der Waals surface area contributed by atoms with E-state index in [1.165, 1.54) is 11.3 Å². The summed E-state index contributed by atoms with van der Waals surface area (Å²) < 4.78 is 10.6. The van der Waals surface area contributed by atoms with Crippen LogP contribution in [-0.2, 0) is 6.54 Å². The van der Waals surface area contributed by atoms with Gasteiger partial charge in [-0.25, -0.2) is 9.97 Å². The van der Waals surface area contributed by atoms with Gasteiger partial charge in [-0.15, -0.1) is 11.3 Å². The average Bonchev–Trinajstić information content (AvgIpc) is 3.49. The van der Waals surface area contributed by atoms with Gasteiger partial charge in [-0.3, -0.25) is 4.79 Å². The Morgan fingerprint density at radius 3 is 2.43 bits per heavy atom. The zero-order valence-corrected chi connectivity index (χ0v) is 17.3. The van der Waals surface area contributed by atoms with E-state index in [0.29, 0.717) is 28.8 Å². The summed E-state index contributed by atoms with van der Waals surface area (Å²) in [5, 5.41) is 4.00. The third kappa shape index (κ3) is 3.54. The molecule has 0 unspecified atom stereocenters. The van der Waals surface area contributed by atoms with Crippen LogP contribution in [0.15, 0.2) is 18.2 Å². The molecule has 4 rings (SSSR count). The fourth-order valence-electron chi connectivity index (χ4n) is 3.33.